The molecule has 2 saturated heterocycles. The molecule has 2 fully saturated rings. The summed E-state index contributed by atoms with van der Waals surface area (Å²) in [5.41, 5.74) is 8.75. The maximum Gasteiger partial charge on any atom is 0.256 e. The van der Waals surface area contributed by atoms with E-state index in [1.54, 1.807) is 9.42 Å². The van der Waals surface area contributed by atoms with E-state index >= 15 is 0 Å². The number of nitrogens with one attached hydrogen (secondary N) is 1. The molecule has 37 heavy (non-hydrogen) atoms. The lowest BCUT2D eigenvalue weighted by molar-refractivity contribution is 0.0607. The van der Waals surface area contributed by atoms with Gasteiger partial charge in [0, 0.05) is 48.5 Å². The van der Waals surface area contributed by atoms with Crippen LogP contribution < -0.4 is 15.4 Å². The third kappa shape index (κ3) is 4.94. The topological polar surface area (TPSA) is 150 Å². The summed E-state index contributed by atoms with van der Waals surface area (Å²) in [5.74, 6) is 0.206. The first-order valence-corrected chi connectivity index (χ1v) is 13.6. The van der Waals surface area contributed by atoms with Crippen molar-refractivity contribution in [3.63, 3.8) is 0 Å². The molecule has 3 aromatic rings. The largest absolute Gasteiger partial charge is 0.353 e. The van der Waals surface area contributed by atoms with Crippen molar-refractivity contribution in [2.75, 3.05) is 29.3 Å². The molecular weight excluding hydrogens is 516 g/mol. The Hall–Kier alpha value is -3.40. The summed E-state index contributed by atoms with van der Waals surface area (Å²) in [4.78, 5) is 22.2. The van der Waals surface area contributed by atoms with E-state index in [0.717, 1.165) is 24.2 Å². The zero-order valence-corrected chi connectivity index (χ0v) is 21.8. The number of rotatable bonds is 5. The number of nitriles is 1. The van der Waals surface area contributed by atoms with Crippen molar-refractivity contribution < 1.29 is 13.2 Å². The van der Waals surface area contributed by atoms with Crippen LogP contribution in [-0.2, 0) is 10.9 Å². The predicted octanol–water partition coefficient (Wildman–Crippen LogP) is 2.28. The first-order chi connectivity index (χ1) is 17.7. The molecule has 2 aliphatic rings. The minimum absolute atomic E-state index is 0.186. The summed E-state index contributed by atoms with van der Waals surface area (Å²) in [6.07, 6.45) is 4.36. The number of amides is 1. The molecule has 3 atom stereocenters. The third-order valence-electron chi connectivity index (χ3n) is 6.98. The molecule has 2 aromatic heterocycles. The molecule has 5 rings (SSSR count). The molecule has 1 amide bonds. The standard InChI is InChI=1S/C24H27ClN8O3S/c1-14-11-33-22(28-23(14)31-12-15(10-26)18(27)13-31)9-20(29-33)21-4-2-3-7-32(21)24(34)17-8-16(25)5-6-19(17)30-37(35)36/h5-6,8-9,11,15,18,21,37H,2-4,7,12-13,27H2,1H3,(H,30,35,36)/t15?,18?,21-/m0/s1. The lowest BCUT2D eigenvalue weighted by atomic mass is 9.98. The second-order valence-corrected chi connectivity index (χ2v) is 10.7. The van der Waals surface area contributed by atoms with Gasteiger partial charge in [0.05, 0.1) is 35.0 Å². The van der Waals surface area contributed by atoms with Crippen LogP contribution in [0.2, 0.25) is 5.02 Å². The van der Waals surface area contributed by atoms with E-state index in [0.29, 0.717) is 42.4 Å². The Balaban J connectivity index is 1.48. The molecule has 194 valence electrons. The number of carbonyl (C=O) groups excluding carboxylic acids is 1. The van der Waals surface area contributed by atoms with E-state index < -0.39 is 10.9 Å². The van der Waals surface area contributed by atoms with Gasteiger partial charge in [-0.15, -0.1) is 0 Å². The van der Waals surface area contributed by atoms with Crippen LogP contribution in [0.5, 0.6) is 0 Å². The summed E-state index contributed by atoms with van der Waals surface area (Å²) >= 11 is 6.15. The molecule has 0 spiro atoms. The van der Waals surface area contributed by atoms with Gasteiger partial charge in [0.25, 0.3) is 5.91 Å². The average molecular weight is 543 g/mol. The smallest absolute Gasteiger partial charge is 0.256 e. The molecule has 2 aliphatic heterocycles. The van der Waals surface area contributed by atoms with E-state index in [2.05, 4.69) is 10.8 Å². The van der Waals surface area contributed by atoms with Crippen molar-refractivity contribution >= 4 is 45.6 Å². The highest BCUT2D eigenvalue weighted by molar-refractivity contribution is 7.73. The van der Waals surface area contributed by atoms with Crippen LogP contribution >= 0.6 is 11.6 Å². The van der Waals surface area contributed by atoms with Crippen LogP contribution in [-0.4, -0.2) is 59.5 Å². The van der Waals surface area contributed by atoms with E-state index in [-0.39, 0.29) is 35.2 Å². The number of aromatic nitrogens is 3. The number of anilines is 2. The first kappa shape index (κ1) is 25.3. The lowest BCUT2D eigenvalue weighted by Gasteiger charge is -2.35. The van der Waals surface area contributed by atoms with Gasteiger partial charge in [-0.05, 0) is 44.4 Å². The van der Waals surface area contributed by atoms with E-state index in [1.807, 2.05) is 24.1 Å². The lowest BCUT2D eigenvalue weighted by Crippen LogP contribution is -2.39. The van der Waals surface area contributed by atoms with Gasteiger partial charge < -0.3 is 15.5 Å². The normalized spacial score (nSPS) is 22.0. The number of aryl methyl sites for hydroxylation is 1. The predicted molar refractivity (Wildman–Crippen MR) is 140 cm³/mol. The zero-order chi connectivity index (χ0) is 26.3. The number of carbonyl (C=O) groups is 1. The summed E-state index contributed by atoms with van der Waals surface area (Å²) in [5, 5.41) is 14.4. The van der Waals surface area contributed by atoms with Gasteiger partial charge >= 0.3 is 0 Å². The fourth-order valence-electron chi connectivity index (χ4n) is 5.17. The highest BCUT2D eigenvalue weighted by Crippen LogP contribution is 2.34. The highest BCUT2D eigenvalue weighted by Gasteiger charge is 2.34. The maximum absolute atomic E-state index is 13.7. The SMILES string of the molecule is Cc1cn2nc([C@@H]3CCCCN3C(=O)c3cc(Cl)ccc3N[SH](=O)=O)cc2nc1N1CC(N)C(C#N)C1. The molecule has 0 bridgehead atoms. The number of hydrogen-bond acceptors (Lipinski definition) is 8. The Morgan fingerprint density at radius 1 is 1.27 bits per heavy atom. The van der Waals surface area contributed by atoms with Crippen LogP contribution in [0.3, 0.4) is 0 Å². The van der Waals surface area contributed by atoms with Crippen LogP contribution in [0.4, 0.5) is 11.5 Å². The molecule has 0 saturated carbocycles. The highest BCUT2D eigenvalue weighted by atomic mass is 35.5. The Bertz CT molecular complexity index is 1470. The Morgan fingerprint density at radius 2 is 2.08 bits per heavy atom. The quantitative estimate of drug-likeness (QED) is 0.416. The van der Waals surface area contributed by atoms with Gasteiger partial charge in [-0.2, -0.15) is 10.4 Å². The van der Waals surface area contributed by atoms with E-state index in [9.17, 15) is 18.5 Å². The maximum atomic E-state index is 13.7. The fourth-order valence-corrected chi connectivity index (χ4v) is 5.73. The van der Waals surface area contributed by atoms with Gasteiger partial charge in [-0.3, -0.25) is 9.52 Å². The van der Waals surface area contributed by atoms with Crippen molar-refractivity contribution in [2.45, 2.75) is 38.3 Å². The Kier molecular flexibility index (Phi) is 6.94. The number of halogens is 1. The van der Waals surface area contributed by atoms with Gasteiger partial charge in [-0.1, -0.05) is 11.6 Å². The molecule has 13 heteroatoms. The van der Waals surface area contributed by atoms with Crippen LogP contribution in [0, 0.1) is 24.2 Å². The summed E-state index contributed by atoms with van der Waals surface area (Å²) in [6, 6.07) is 8.12. The summed E-state index contributed by atoms with van der Waals surface area (Å²) < 4.78 is 26.7. The molecule has 3 N–H and O–H groups in total. The number of thiol groups is 1. The third-order valence-corrected chi connectivity index (χ3v) is 7.64. The van der Waals surface area contributed by atoms with E-state index in [4.69, 9.17) is 27.4 Å². The van der Waals surface area contributed by atoms with Crippen molar-refractivity contribution in [3.8, 4) is 6.07 Å². The Morgan fingerprint density at radius 3 is 2.81 bits per heavy atom. The molecule has 4 heterocycles. The number of nitrogens with zero attached hydrogens (tertiary/aromatic N) is 6. The van der Waals surface area contributed by atoms with Gasteiger partial charge in [0.15, 0.2) is 5.65 Å². The number of piperidine rings is 1. The minimum Gasteiger partial charge on any atom is -0.353 e. The molecular formula is C24H27ClN8O3S. The molecule has 0 radical (unpaired) electrons. The van der Waals surface area contributed by atoms with Crippen LogP contribution in [0.15, 0.2) is 30.5 Å². The van der Waals surface area contributed by atoms with Crippen molar-refractivity contribution in [1.82, 2.24) is 19.5 Å². The van der Waals surface area contributed by atoms with Gasteiger partial charge in [0.2, 0.25) is 10.9 Å². The summed E-state index contributed by atoms with van der Waals surface area (Å²) in [6.45, 7) is 3.53. The number of hydrogen-bond donors (Lipinski definition) is 3. The number of nitrogens with two attached hydrogens (primary N) is 1. The van der Waals surface area contributed by atoms with Gasteiger partial charge in [-0.25, -0.2) is 17.9 Å². The first-order valence-electron chi connectivity index (χ1n) is 12.0. The second-order valence-electron chi connectivity index (χ2n) is 9.49. The van der Waals surface area contributed by atoms with E-state index in [1.165, 1.54) is 18.2 Å². The number of likely N-dealkylation sites (tertiary alicyclic amines) is 1. The molecule has 2 unspecified atom stereocenters. The molecule has 0 aliphatic carbocycles. The average Bonchev–Trinajstić information content (AvgIpc) is 3.46. The zero-order valence-electron chi connectivity index (χ0n) is 20.2. The number of benzene rings is 1. The fraction of sp³-hybridized carbons (Fsp3) is 0.417. The second kappa shape index (κ2) is 10.2. The Labute approximate surface area is 220 Å². The van der Waals surface area contributed by atoms with Crippen LogP contribution in [0.25, 0.3) is 5.65 Å². The van der Waals surface area contributed by atoms with Crippen molar-refractivity contribution in [3.05, 3.63) is 52.3 Å². The van der Waals surface area contributed by atoms with Crippen molar-refractivity contribution in [1.29, 1.82) is 5.26 Å². The minimum atomic E-state index is -2.95. The molecule has 11 nitrogen and oxygen atoms in total. The molecule has 1 aromatic carbocycles. The summed E-state index contributed by atoms with van der Waals surface area (Å²) in [7, 11) is -2.95. The van der Waals surface area contributed by atoms with Crippen LogP contribution in [0.1, 0.15) is 46.9 Å². The van der Waals surface area contributed by atoms with Gasteiger partial charge in [0.1, 0.15) is 5.82 Å². The monoisotopic (exact) mass is 542 g/mol. The number of fused-ring (bicyclic) bond motifs is 1. The van der Waals surface area contributed by atoms with Crippen molar-refractivity contribution in [2.24, 2.45) is 11.7 Å².